The maximum Gasteiger partial charge on any atom is 0.325 e. The van der Waals surface area contributed by atoms with Gasteiger partial charge in [-0.1, -0.05) is 25.1 Å². The number of carbonyl (C=O) groups excluding carboxylic acids is 2. The predicted molar refractivity (Wildman–Crippen MR) is 85.7 cm³/mol. The van der Waals surface area contributed by atoms with Crippen molar-refractivity contribution in [2.45, 2.75) is 19.8 Å². The molecule has 118 valence electrons. The lowest BCUT2D eigenvalue weighted by Crippen LogP contribution is -2.45. The van der Waals surface area contributed by atoms with Gasteiger partial charge >= 0.3 is 6.03 Å². The fourth-order valence-electron chi connectivity index (χ4n) is 3.26. The van der Waals surface area contributed by atoms with Crippen molar-refractivity contribution in [2.75, 3.05) is 37.6 Å². The number of anilines is 1. The fraction of sp³-hybridized carbons (Fsp3) is 0.529. The zero-order chi connectivity index (χ0) is 15.5. The Morgan fingerprint density at radius 3 is 2.68 bits per heavy atom. The molecule has 0 aromatic heterocycles. The predicted octanol–water partition coefficient (Wildman–Crippen LogP) is 2.19. The number of para-hydroxylation sites is 1. The molecule has 5 heteroatoms. The average Bonchev–Trinajstić information content (AvgIpc) is 2.89. The normalized spacial score (nSPS) is 22.3. The molecule has 0 spiro atoms. The van der Waals surface area contributed by atoms with Crippen LogP contribution in [0.15, 0.2) is 30.3 Å². The molecule has 5 nitrogen and oxygen atoms in total. The Kier molecular flexibility index (Phi) is 4.32. The zero-order valence-electron chi connectivity index (χ0n) is 13.1. The highest BCUT2D eigenvalue weighted by molar-refractivity contribution is 5.96. The Hall–Kier alpha value is -2.04. The molecule has 0 radical (unpaired) electrons. The summed E-state index contributed by atoms with van der Waals surface area (Å²) in [7, 11) is 0. The van der Waals surface area contributed by atoms with Gasteiger partial charge in [-0.25, -0.2) is 4.79 Å². The summed E-state index contributed by atoms with van der Waals surface area (Å²) in [5.74, 6) is 0.641. The molecule has 0 bridgehead atoms. The molecule has 1 aromatic rings. The number of hydrogen-bond donors (Lipinski definition) is 0. The SMILES string of the molecule is CC1CCCN(C(=O)CN2CCN(c3ccccc3)C2=O)C1. The molecule has 1 atom stereocenters. The van der Waals surface area contributed by atoms with E-state index in [9.17, 15) is 9.59 Å². The first-order valence-electron chi connectivity index (χ1n) is 8.04. The van der Waals surface area contributed by atoms with E-state index in [4.69, 9.17) is 0 Å². The molecular formula is C17H23N3O2. The Morgan fingerprint density at radius 2 is 1.95 bits per heavy atom. The van der Waals surface area contributed by atoms with Crippen LogP contribution in [0.1, 0.15) is 19.8 Å². The first kappa shape index (κ1) is 14.9. The van der Waals surface area contributed by atoms with Gasteiger partial charge in [0.2, 0.25) is 5.91 Å². The molecule has 2 saturated heterocycles. The summed E-state index contributed by atoms with van der Waals surface area (Å²) in [6.07, 6.45) is 2.26. The second-order valence-corrected chi connectivity index (χ2v) is 6.28. The number of likely N-dealkylation sites (tertiary alicyclic amines) is 1. The molecular weight excluding hydrogens is 278 g/mol. The third kappa shape index (κ3) is 3.08. The Balaban J connectivity index is 1.60. The maximum absolute atomic E-state index is 12.5. The van der Waals surface area contributed by atoms with Crippen LogP contribution in [0.4, 0.5) is 10.5 Å². The van der Waals surface area contributed by atoms with Gasteiger partial charge in [0.25, 0.3) is 0 Å². The van der Waals surface area contributed by atoms with E-state index in [1.165, 1.54) is 6.42 Å². The van der Waals surface area contributed by atoms with Crippen LogP contribution in [-0.4, -0.2) is 54.5 Å². The van der Waals surface area contributed by atoms with Crippen molar-refractivity contribution in [3.05, 3.63) is 30.3 Å². The van der Waals surface area contributed by atoms with Crippen LogP contribution >= 0.6 is 0 Å². The van der Waals surface area contributed by atoms with Gasteiger partial charge in [-0.05, 0) is 30.9 Å². The summed E-state index contributed by atoms with van der Waals surface area (Å²) in [5.41, 5.74) is 0.897. The quantitative estimate of drug-likeness (QED) is 0.859. The number of hydrogen-bond acceptors (Lipinski definition) is 2. The molecule has 0 N–H and O–H groups in total. The topological polar surface area (TPSA) is 43.9 Å². The van der Waals surface area contributed by atoms with Crippen LogP contribution in [0, 0.1) is 5.92 Å². The number of piperidine rings is 1. The fourth-order valence-corrected chi connectivity index (χ4v) is 3.26. The number of urea groups is 1. The largest absolute Gasteiger partial charge is 0.341 e. The van der Waals surface area contributed by atoms with Gasteiger partial charge < -0.3 is 9.80 Å². The van der Waals surface area contributed by atoms with Crippen LogP contribution in [-0.2, 0) is 4.79 Å². The summed E-state index contributed by atoms with van der Waals surface area (Å²) in [4.78, 5) is 30.2. The van der Waals surface area contributed by atoms with Crippen molar-refractivity contribution in [1.82, 2.24) is 9.80 Å². The lowest BCUT2D eigenvalue weighted by atomic mass is 10.0. The van der Waals surface area contributed by atoms with Crippen LogP contribution in [0.3, 0.4) is 0 Å². The molecule has 1 unspecified atom stereocenters. The second-order valence-electron chi connectivity index (χ2n) is 6.28. The van der Waals surface area contributed by atoms with Crippen LogP contribution in [0.2, 0.25) is 0 Å². The van der Waals surface area contributed by atoms with Gasteiger partial charge in [0.05, 0.1) is 0 Å². The third-order valence-corrected chi connectivity index (χ3v) is 4.50. The van der Waals surface area contributed by atoms with Crippen molar-refractivity contribution in [2.24, 2.45) is 5.92 Å². The molecule has 2 aliphatic rings. The molecule has 3 rings (SSSR count). The Labute approximate surface area is 131 Å². The van der Waals surface area contributed by atoms with Gasteiger partial charge in [0.15, 0.2) is 0 Å². The van der Waals surface area contributed by atoms with Gasteiger partial charge in [0, 0.05) is 31.9 Å². The summed E-state index contributed by atoms with van der Waals surface area (Å²) < 4.78 is 0. The summed E-state index contributed by atoms with van der Waals surface area (Å²) in [6.45, 7) is 5.29. The van der Waals surface area contributed by atoms with E-state index in [2.05, 4.69) is 6.92 Å². The summed E-state index contributed by atoms with van der Waals surface area (Å²) in [6, 6.07) is 9.56. The third-order valence-electron chi connectivity index (χ3n) is 4.50. The van der Waals surface area contributed by atoms with E-state index in [1.54, 1.807) is 9.80 Å². The smallest absolute Gasteiger partial charge is 0.325 e. The Morgan fingerprint density at radius 1 is 1.18 bits per heavy atom. The second kappa shape index (κ2) is 6.38. The number of rotatable bonds is 3. The molecule has 3 amide bonds. The minimum atomic E-state index is -0.0652. The van der Waals surface area contributed by atoms with Crippen LogP contribution in [0.5, 0.6) is 0 Å². The van der Waals surface area contributed by atoms with Crippen LogP contribution < -0.4 is 4.90 Å². The number of amides is 3. The average molecular weight is 301 g/mol. The summed E-state index contributed by atoms with van der Waals surface area (Å²) >= 11 is 0. The van der Waals surface area contributed by atoms with Gasteiger partial charge in [-0.2, -0.15) is 0 Å². The van der Waals surface area contributed by atoms with Gasteiger partial charge in [0.1, 0.15) is 6.54 Å². The van der Waals surface area contributed by atoms with Crippen LogP contribution in [0.25, 0.3) is 0 Å². The van der Waals surface area contributed by atoms with Crippen molar-refractivity contribution < 1.29 is 9.59 Å². The highest BCUT2D eigenvalue weighted by Gasteiger charge is 2.32. The minimum absolute atomic E-state index is 0.0652. The molecule has 1 aromatic carbocycles. The lowest BCUT2D eigenvalue weighted by molar-refractivity contribution is -0.133. The number of benzene rings is 1. The molecule has 2 heterocycles. The van der Waals surface area contributed by atoms with E-state index in [0.717, 1.165) is 25.2 Å². The number of carbonyl (C=O) groups is 2. The van der Waals surface area contributed by atoms with E-state index in [1.807, 2.05) is 35.2 Å². The first-order valence-corrected chi connectivity index (χ1v) is 8.04. The standard InChI is InChI=1S/C17H23N3O2/c1-14-6-5-9-18(12-14)16(21)13-19-10-11-20(17(19)22)15-7-3-2-4-8-15/h2-4,7-8,14H,5-6,9-13H2,1H3. The number of nitrogens with zero attached hydrogens (tertiary/aromatic N) is 3. The maximum atomic E-state index is 12.5. The molecule has 2 aliphatic heterocycles. The highest BCUT2D eigenvalue weighted by atomic mass is 16.2. The van der Waals surface area contributed by atoms with Crippen molar-refractivity contribution in [3.8, 4) is 0 Å². The monoisotopic (exact) mass is 301 g/mol. The molecule has 0 aliphatic carbocycles. The minimum Gasteiger partial charge on any atom is -0.341 e. The van der Waals surface area contributed by atoms with Crippen molar-refractivity contribution in [3.63, 3.8) is 0 Å². The van der Waals surface area contributed by atoms with E-state index in [-0.39, 0.29) is 18.5 Å². The van der Waals surface area contributed by atoms with Crippen molar-refractivity contribution >= 4 is 17.6 Å². The van der Waals surface area contributed by atoms with Gasteiger partial charge in [-0.3, -0.25) is 9.69 Å². The van der Waals surface area contributed by atoms with E-state index >= 15 is 0 Å². The first-order chi connectivity index (χ1) is 10.6. The van der Waals surface area contributed by atoms with E-state index < -0.39 is 0 Å². The highest BCUT2D eigenvalue weighted by Crippen LogP contribution is 2.20. The molecule has 0 saturated carbocycles. The van der Waals surface area contributed by atoms with Crippen molar-refractivity contribution in [1.29, 1.82) is 0 Å². The van der Waals surface area contributed by atoms with Gasteiger partial charge in [-0.15, -0.1) is 0 Å². The molecule has 2 fully saturated rings. The summed E-state index contributed by atoms with van der Waals surface area (Å²) in [5, 5.41) is 0. The van der Waals surface area contributed by atoms with E-state index in [0.29, 0.717) is 19.0 Å². The molecule has 22 heavy (non-hydrogen) atoms. The Bertz CT molecular complexity index is 546. The lowest BCUT2D eigenvalue weighted by Gasteiger charge is -2.32. The zero-order valence-corrected chi connectivity index (χ0v) is 13.1.